The smallest absolute Gasteiger partial charge is 0.315 e. The van der Waals surface area contributed by atoms with Gasteiger partial charge in [0.1, 0.15) is 11.9 Å². The molecule has 0 radical (unpaired) electrons. The van der Waals surface area contributed by atoms with Crippen LogP contribution >= 0.6 is 11.6 Å². The summed E-state index contributed by atoms with van der Waals surface area (Å²) < 4.78 is 5.03. The van der Waals surface area contributed by atoms with E-state index in [2.05, 4.69) is 10.6 Å². The van der Waals surface area contributed by atoms with E-state index in [1.807, 2.05) is 18.2 Å². The van der Waals surface area contributed by atoms with Crippen molar-refractivity contribution in [1.29, 1.82) is 0 Å². The summed E-state index contributed by atoms with van der Waals surface area (Å²) in [7, 11) is 0. The lowest BCUT2D eigenvalue weighted by Crippen LogP contribution is -2.37. The van der Waals surface area contributed by atoms with Crippen LogP contribution in [0.3, 0.4) is 0 Å². The molecule has 1 heterocycles. The Labute approximate surface area is 121 Å². The summed E-state index contributed by atoms with van der Waals surface area (Å²) in [5, 5.41) is 15.6. The monoisotopic (exact) mass is 294 g/mol. The number of hydrogen-bond donors (Lipinski definition) is 3. The normalized spacial score (nSPS) is 11.9. The van der Waals surface area contributed by atoms with Crippen molar-refractivity contribution in [3.8, 4) is 0 Å². The Morgan fingerprint density at radius 3 is 2.75 bits per heavy atom. The van der Waals surface area contributed by atoms with Crippen LogP contribution in [0.15, 0.2) is 47.1 Å². The van der Waals surface area contributed by atoms with Gasteiger partial charge < -0.3 is 20.2 Å². The number of urea groups is 1. The fourth-order valence-corrected chi connectivity index (χ4v) is 1.85. The fraction of sp³-hybridized carbons (Fsp3) is 0.214. The van der Waals surface area contributed by atoms with Crippen LogP contribution in [-0.2, 0) is 6.54 Å². The van der Waals surface area contributed by atoms with Crippen molar-refractivity contribution >= 4 is 17.6 Å². The van der Waals surface area contributed by atoms with Crippen LogP contribution in [-0.4, -0.2) is 17.7 Å². The molecule has 0 saturated carbocycles. The van der Waals surface area contributed by atoms with Gasteiger partial charge in [-0.1, -0.05) is 29.8 Å². The number of nitrogens with one attached hydrogen (secondary N) is 2. The van der Waals surface area contributed by atoms with E-state index in [-0.39, 0.29) is 12.6 Å². The van der Waals surface area contributed by atoms with E-state index in [1.54, 1.807) is 18.2 Å². The molecular formula is C14H15ClN2O3. The maximum absolute atomic E-state index is 11.6. The van der Waals surface area contributed by atoms with Crippen LogP contribution in [0.5, 0.6) is 0 Å². The lowest BCUT2D eigenvalue weighted by atomic mass is 10.2. The molecule has 5 nitrogen and oxygen atoms in total. The molecule has 6 heteroatoms. The summed E-state index contributed by atoms with van der Waals surface area (Å²) in [5.41, 5.74) is 0.830. The van der Waals surface area contributed by atoms with Crippen molar-refractivity contribution in [2.24, 2.45) is 0 Å². The van der Waals surface area contributed by atoms with Crippen molar-refractivity contribution in [2.75, 3.05) is 6.54 Å². The molecular weight excluding hydrogens is 280 g/mol. The van der Waals surface area contributed by atoms with Gasteiger partial charge in [0.25, 0.3) is 0 Å². The molecule has 20 heavy (non-hydrogen) atoms. The van der Waals surface area contributed by atoms with Crippen LogP contribution in [0.1, 0.15) is 17.4 Å². The minimum atomic E-state index is -0.865. The number of benzene rings is 1. The van der Waals surface area contributed by atoms with Gasteiger partial charge in [-0.05, 0) is 23.8 Å². The maximum atomic E-state index is 11.6. The Balaban J connectivity index is 1.75. The summed E-state index contributed by atoms with van der Waals surface area (Å²) in [5.74, 6) is 0.413. The van der Waals surface area contributed by atoms with Crippen molar-refractivity contribution in [2.45, 2.75) is 12.6 Å². The minimum absolute atomic E-state index is 0.0713. The second-order valence-corrected chi connectivity index (χ2v) is 4.59. The second kappa shape index (κ2) is 6.98. The van der Waals surface area contributed by atoms with E-state index in [4.69, 9.17) is 16.0 Å². The standard InChI is InChI=1S/C14H15ClN2O3/c15-11-5-2-1-4-10(11)8-16-14(19)17-9-12(18)13-6-3-7-20-13/h1-7,12,18H,8-9H2,(H2,16,17,19). The second-order valence-electron chi connectivity index (χ2n) is 4.19. The molecule has 0 saturated heterocycles. The van der Waals surface area contributed by atoms with Crippen LogP contribution in [0.25, 0.3) is 0 Å². The molecule has 0 aliphatic carbocycles. The minimum Gasteiger partial charge on any atom is -0.467 e. The van der Waals surface area contributed by atoms with Crippen LogP contribution in [0, 0.1) is 0 Å². The van der Waals surface area contributed by atoms with Crippen molar-refractivity contribution < 1.29 is 14.3 Å². The van der Waals surface area contributed by atoms with E-state index in [0.717, 1.165) is 5.56 Å². The van der Waals surface area contributed by atoms with Crippen LogP contribution in [0.2, 0.25) is 5.02 Å². The highest BCUT2D eigenvalue weighted by atomic mass is 35.5. The van der Waals surface area contributed by atoms with E-state index < -0.39 is 6.10 Å². The first-order valence-corrected chi connectivity index (χ1v) is 6.51. The lowest BCUT2D eigenvalue weighted by molar-refractivity contribution is 0.148. The third-order valence-corrected chi connectivity index (χ3v) is 3.09. The molecule has 1 atom stereocenters. The van der Waals surface area contributed by atoms with Crippen molar-refractivity contribution in [3.63, 3.8) is 0 Å². The van der Waals surface area contributed by atoms with Crippen LogP contribution in [0.4, 0.5) is 4.79 Å². The molecule has 0 bridgehead atoms. The first kappa shape index (κ1) is 14.4. The van der Waals surface area contributed by atoms with Gasteiger partial charge in [0, 0.05) is 11.6 Å². The number of amides is 2. The van der Waals surface area contributed by atoms with Gasteiger partial charge in [-0.3, -0.25) is 0 Å². The van der Waals surface area contributed by atoms with Crippen molar-refractivity contribution in [3.05, 3.63) is 59.0 Å². The van der Waals surface area contributed by atoms with Gasteiger partial charge >= 0.3 is 6.03 Å². The average molecular weight is 295 g/mol. The van der Waals surface area contributed by atoms with E-state index >= 15 is 0 Å². The Bertz CT molecular complexity index is 557. The van der Waals surface area contributed by atoms with Gasteiger partial charge in [0.05, 0.1) is 12.8 Å². The Kier molecular flexibility index (Phi) is 5.03. The largest absolute Gasteiger partial charge is 0.467 e. The topological polar surface area (TPSA) is 74.5 Å². The number of carbonyl (C=O) groups is 1. The van der Waals surface area contributed by atoms with Gasteiger partial charge in [-0.2, -0.15) is 0 Å². The van der Waals surface area contributed by atoms with E-state index in [1.165, 1.54) is 6.26 Å². The van der Waals surface area contributed by atoms with Crippen LogP contribution < -0.4 is 10.6 Å². The zero-order chi connectivity index (χ0) is 14.4. The van der Waals surface area contributed by atoms with Gasteiger partial charge in [0.2, 0.25) is 0 Å². The molecule has 1 aromatic heterocycles. The SMILES string of the molecule is O=C(NCc1ccccc1Cl)NCC(O)c1ccco1. The highest BCUT2D eigenvalue weighted by molar-refractivity contribution is 6.31. The molecule has 106 valence electrons. The molecule has 0 aliphatic rings. The quantitative estimate of drug-likeness (QED) is 0.793. The highest BCUT2D eigenvalue weighted by Gasteiger charge is 2.11. The third-order valence-electron chi connectivity index (χ3n) is 2.72. The summed E-state index contributed by atoms with van der Waals surface area (Å²) >= 11 is 5.98. The summed E-state index contributed by atoms with van der Waals surface area (Å²) in [6, 6.07) is 10.2. The number of halogens is 1. The lowest BCUT2D eigenvalue weighted by Gasteiger charge is -2.11. The average Bonchev–Trinajstić information content (AvgIpc) is 2.98. The fourth-order valence-electron chi connectivity index (χ4n) is 1.65. The number of furan rings is 1. The predicted molar refractivity (Wildman–Crippen MR) is 75.4 cm³/mol. The van der Waals surface area contributed by atoms with Gasteiger partial charge in [-0.25, -0.2) is 4.79 Å². The van der Waals surface area contributed by atoms with Crippen molar-refractivity contribution in [1.82, 2.24) is 10.6 Å². The molecule has 0 spiro atoms. The number of aliphatic hydroxyl groups is 1. The molecule has 0 fully saturated rings. The molecule has 2 rings (SSSR count). The first-order valence-electron chi connectivity index (χ1n) is 6.13. The van der Waals surface area contributed by atoms with E-state index in [0.29, 0.717) is 17.3 Å². The zero-order valence-electron chi connectivity index (χ0n) is 10.7. The third kappa shape index (κ3) is 4.01. The van der Waals surface area contributed by atoms with E-state index in [9.17, 15) is 9.90 Å². The number of aliphatic hydroxyl groups excluding tert-OH is 1. The highest BCUT2D eigenvalue weighted by Crippen LogP contribution is 2.14. The predicted octanol–water partition coefficient (Wildman–Crippen LogP) is 2.47. The van der Waals surface area contributed by atoms with Gasteiger partial charge in [0.15, 0.2) is 0 Å². The molecule has 2 amide bonds. The summed E-state index contributed by atoms with van der Waals surface area (Å²) in [6.45, 7) is 0.393. The summed E-state index contributed by atoms with van der Waals surface area (Å²) in [4.78, 5) is 11.6. The molecule has 3 N–H and O–H groups in total. The number of rotatable bonds is 5. The van der Waals surface area contributed by atoms with Gasteiger partial charge in [-0.15, -0.1) is 0 Å². The Morgan fingerprint density at radius 2 is 2.05 bits per heavy atom. The Morgan fingerprint density at radius 1 is 1.25 bits per heavy atom. The number of carbonyl (C=O) groups excluding carboxylic acids is 1. The zero-order valence-corrected chi connectivity index (χ0v) is 11.4. The molecule has 1 aromatic carbocycles. The molecule has 1 unspecified atom stereocenters. The Hall–Kier alpha value is -1.98. The molecule has 2 aromatic rings. The molecule has 0 aliphatic heterocycles. The number of hydrogen-bond acceptors (Lipinski definition) is 3. The first-order chi connectivity index (χ1) is 9.66. The maximum Gasteiger partial charge on any atom is 0.315 e. The summed E-state index contributed by atoms with van der Waals surface area (Å²) in [6.07, 6.45) is 0.604.